The number of β-lactam (4-membered cyclic amide) rings is 1. The zero-order valence-electron chi connectivity index (χ0n) is 19.4. The minimum Gasteiger partial charge on any atom is -0.477 e. The lowest BCUT2D eigenvalue weighted by Gasteiger charge is -2.49. The number of carbonyl (C=O) groups is 3. The van der Waals surface area contributed by atoms with Crippen LogP contribution in [0.5, 0.6) is 0 Å². The van der Waals surface area contributed by atoms with Gasteiger partial charge in [-0.2, -0.15) is 9.36 Å². The molecule has 0 aromatic carbocycles. The number of amides is 2. The molecule has 1 fully saturated rings. The molecular weight excluding hydrogens is 543 g/mol. The van der Waals surface area contributed by atoms with E-state index in [1.807, 2.05) is 0 Å². The molecule has 5 heterocycles. The quantitative estimate of drug-likeness (QED) is 0.0796. The van der Waals surface area contributed by atoms with E-state index >= 15 is 0 Å². The van der Waals surface area contributed by atoms with Crippen LogP contribution in [-0.2, 0) is 25.8 Å². The zero-order valence-corrected chi connectivity index (χ0v) is 21.0. The van der Waals surface area contributed by atoms with E-state index in [9.17, 15) is 23.9 Å². The minimum absolute atomic E-state index is 0.0647. The second-order valence-electron chi connectivity index (χ2n) is 8.01. The number of carbonyl (C=O) groups excluding carboxylic acids is 2. The van der Waals surface area contributed by atoms with Gasteiger partial charge in [-0.25, -0.2) is 13.8 Å². The second kappa shape index (κ2) is 10.2. The largest absolute Gasteiger partial charge is 0.477 e. The molecule has 0 bridgehead atoms. The van der Waals surface area contributed by atoms with Crippen LogP contribution in [0.1, 0.15) is 5.82 Å². The highest BCUT2D eigenvalue weighted by Crippen LogP contribution is 2.40. The van der Waals surface area contributed by atoms with Gasteiger partial charge in [-0.05, 0) is 6.07 Å². The van der Waals surface area contributed by atoms with Crippen molar-refractivity contribution in [3.63, 3.8) is 0 Å². The Labute approximate surface area is 221 Å². The SMILES string of the molecule is Nc1nc(/C(=N/OCCF)C(=O)N[C@@H]2C(=O)N3C(C(=O)O)=C(C[n+]4cc(N)n5ncccc54)CS[C@H]23)ns1. The maximum atomic E-state index is 13.1. The summed E-state index contributed by atoms with van der Waals surface area (Å²) in [5, 5.41) is 19.7. The minimum atomic E-state index is -1.28. The van der Waals surface area contributed by atoms with Crippen LogP contribution in [0.15, 0.2) is 41.0 Å². The van der Waals surface area contributed by atoms with E-state index in [0.717, 1.165) is 16.4 Å². The number of thioether (sulfide) groups is 1. The lowest BCUT2D eigenvalue weighted by molar-refractivity contribution is -0.662. The molecule has 2 aliphatic rings. The third-order valence-electron chi connectivity index (χ3n) is 5.65. The number of aromatic nitrogens is 5. The van der Waals surface area contributed by atoms with Gasteiger partial charge in [0.05, 0.1) is 6.20 Å². The second-order valence-corrected chi connectivity index (χ2v) is 9.90. The summed E-state index contributed by atoms with van der Waals surface area (Å²) in [5.74, 6) is -2.26. The van der Waals surface area contributed by atoms with E-state index in [1.165, 1.54) is 16.3 Å². The monoisotopic (exact) mass is 563 g/mol. The van der Waals surface area contributed by atoms with Gasteiger partial charge in [0.15, 0.2) is 11.3 Å². The van der Waals surface area contributed by atoms with Gasteiger partial charge in [0.1, 0.15) is 36.9 Å². The van der Waals surface area contributed by atoms with Gasteiger partial charge in [0.25, 0.3) is 17.6 Å². The maximum absolute atomic E-state index is 13.1. The molecule has 6 N–H and O–H groups in total. The number of halogens is 1. The molecule has 0 aliphatic carbocycles. The number of nitrogens with zero attached hydrogens (tertiary/aromatic N) is 7. The van der Waals surface area contributed by atoms with Gasteiger partial charge in [-0.3, -0.25) is 14.5 Å². The summed E-state index contributed by atoms with van der Waals surface area (Å²) < 4.78 is 19.6. The van der Waals surface area contributed by atoms with Gasteiger partial charge in [0, 0.05) is 28.9 Å². The highest BCUT2D eigenvalue weighted by molar-refractivity contribution is 8.00. The molecular formula is C20H20FN10O5S2+. The predicted octanol–water partition coefficient (Wildman–Crippen LogP) is -1.23. The Kier molecular flexibility index (Phi) is 6.81. The van der Waals surface area contributed by atoms with Gasteiger partial charge in [-0.15, -0.1) is 11.8 Å². The number of oxime groups is 1. The molecule has 18 heteroatoms. The fourth-order valence-electron chi connectivity index (χ4n) is 4.07. The molecule has 5 rings (SSSR count). The topological polar surface area (TPSA) is 207 Å². The van der Waals surface area contributed by atoms with Crippen molar-refractivity contribution in [3.05, 3.63) is 41.6 Å². The summed E-state index contributed by atoms with van der Waals surface area (Å²) in [5.41, 5.74) is 12.2. The number of aliphatic carboxylic acids is 1. The number of imidazole rings is 1. The molecule has 3 aromatic heterocycles. The van der Waals surface area contributed by atoms with Crippen LogP contribution in [0, 0.1) is 0 Å². The van der Waals surface area contributed by atoms with Crippen LogP contribution in [0.4, 0.5) is 15.3 Å². The Bertz CT molecular complexity index is 1500. The average Bonchev–Trinajstić information content (AvgIpc) is 3.47. The molecule has 2 aliphatic heterocycles. The molecule has 15 nitrogen and oxygen atoms in total. The van der Waals surface area contributed by atoms with Crippen LogP contribution in [-0.4, -0.2) is 82.9 Å². The molecule has 198 valence electrons. The van der Waals surface area contributed by atoms with Crippen LogP contribution in [0.2, 0.25) is 0 Å². The number of hydrogen-bond acceptors (Lipinski definition) is 12. The molecule has 2 atom stereocenters. The first kappa shape index (κ1) is 25.3. The fraction of sp³-hybridized carbons (Fsp3) is 0.300. The molecule has 0 radical (unpaired) electrons. The average molecular weight is 564 g/mol. The number of nitrogens with one attached hydrogen (secondary N) is 1. The van der Waals surface area contributed by atoms with Crippen molar-refractivity contribution in [2.45, 2.75) is 18.0 Å². The van der Waals surface area contributed by atoms with E-state index in [4.69, 9.17) is 16.3 Å². The number of alkyl halides is 1. The number of carboxylic acid groups (broad SMARTS) is 1. The molecule has 3 aromatic rings. The molecule has 0 unspecified atom stereocenters. The summed E-state index contributed by atoms with van der Waals surface area (Å²) in [6.45, 7) is -1.08. The number of hydrogen-bond donors (Lipinski definition) is 4. The van der Waals surface area contributed by atoms with Crippen molar-refractivity contribution in [2.24, 2.45) is 5.16 Å². The van der Waals surface area contributed by atoms with Crippen LogP contribution >= 0.6 is 23.3 Å². The molecule has 38 heavy (non-hydrogen) atoms. The smallest absolute Gasteiger partial charge is 0.352 e. The van der Waals surface area contributed by atoms with E-state index in [2.05, 4.69) is 24.9 Å². The number of nitrogen functional groups attached to an aromatic ring is 2. The standard InChI is InChI=1S/C20H19FN10O5S2/c21-3-5-36-27-12(15-26-20(23)38-28-15)16(32)25-13-17(33)30-14(19(34)35)9(8-37-18(13)30)6-29-7-10(22)31-11(29)2-1-4-24-31/h1-2,4,7,13,18H,3,5-6,8H2,(H5-,22,23,24,25,26,28,32,34,35)/p+1/b27-12-/t13-,18-/m1/s1. The van der Waals surface area contributed by atoms with Crippen molar-refractivity contribution in [2.75, 3.05) is 30.5 Å². The fourth-order valence-corrected chi connectivity index (χ4v) is 5.84. The highest BCUT2D eigenvalue weighted by atomic mass is 32.2. The normalized spacial score (nSPS) is 19.3. The van der Waals surface area contributed by atoms with E-state index in [0.29, 0.717) is 17.0 Å². The van der Waals surface area contributed by atoms with Crippen molar-refractivity contribution >= 4 is 63.4 Å². The summed E-state index contributed by atoms with van der Waals surface area (Å²) in [6, 6.07) is 2.46. The van der Waals surface area contributed by atoms with Crippen LogP contribution in [0.25, 0.3) is 5.65 Å². The van der Waals surface area contributed by atoms with Gasteiger partial charge >= 0.3 is 11.6 Å². The highest BCUT2D eigenvalue weighted by Gasteiger charge is 2.54. The number of nitrogens with two attached hydrogens (primary N) is 2. The third-order valence-corrected chi connectivity index (χ3v) is 7.53. The van der Waals surface area contributed by atoms with E-state index in [-0.39, 0.29) is 29.0 Å². The van der Waals surface area contributed by atoms with Crippen LogP contribution in [0.3, 0.4) is 0 Å². The summed E-state index contributed by atoms with van der Waals surface area (Å²) in [4.78, 5) is 48.1. The van der Waals surface area contributed by atoms with Crippen molar-refractivity contribution < 1.29 is 33.3 Å². The van der Waals surface area contributed by atoms with Gasteiger partial charge < -0.3 is 26.7 Å². The Morgan fingerprint density at radius 1 is 1.39 bits per heavy atom. The Morgan fingerprint density at radius 3 is 2.92 bits per heavy atom. The lowest BCUT2D eigenvalue weighted by Crippen LogP contribution is -2.71. The summed E-state index contributed by atoms with van der Waals surface area (Å²) in [6.07, 6.45) is 3.21. The van der Waals surface area contributed by atoms with Gasteiger partial charge in [0.2, 0.25) is 11.5 Å². The first-order valence-electron chi connectivity index (χ1n) is 11.0. The van der Waals surface area contributed by atoms with Crippen molar-refractivity contribution in [1.29, 1.82) is 0 Å². The number of fused-ring (bicyclic) bond motifs is 2. The lowest BCUT2D eigenvalue weighted by atomic mass is 10.0. The predicted molar refractivity (Wildman–Crippen MR) is 132 cm³/mol. The Hall–Kier alpha value is -4.32. The number of carboxylic acids is 1. The van der Waals surface area contributed by atoms with E-state index in [1.54, 1.807) is 29.1 Å². The van der Waals surface area contributed by atoms with Crippen molar-refractivity contribution in [3.8, 4) is 0 Å². The van der Waals surface area contributed by atoms with Gasteiger partial charge in [-0.1, -0.05) is 14.8 Å². The number of anilines is 2. The summed E-state index contributed by atoms with van der Waals surface area (Å²) in [7, 11) is 0. The Morgan fingerprint density at radius 2 is 2.21 bits per heavy atom. The van der Waals surface area contributed by atoms with E-state index < -0.39 is 48.2 Å². The molecule has 2 amide bonds. The maximum Gasteiger partial charge on any atom is 0.352 e. The third kappa shape index (κ3) is 4.47. The molecule has 1 saturated heterocycles. The van der Waals surface area contributed by atoms with Crippen LogP contribution < -0.4 is 21.4 Å². The summed E-state index contributed by atoms with van der Waals surface area (Å²) >= 11 is 2.11. The van der Waals surface area contributed by atoms with Crippen molar-refractivity contribution in [1.82, 2.24) is 29.2 Å². The first-order valence-corrected chi connectivity index (χ1v) is 12.8. The number of rotatable bonds is 9. The first-order chi connectivity index (χ1) is 18.3. The molecule has 0 spiro atoms. The molecule has 0 saturated carbocycles. The zero-order chi connectivity index (χ0) is 27.0. The Balaban J connectivity index is 1.37.